The van der Waals surface area contributed by atoms with Crippen LogP contribution in [0.1, 0.15) is 26.7 Å². The minimum atomic E-state index is 0.652. The summed E-state index contributed by atoms with van der Waals surface area (Å²) in [6.07, 6.45) is 4.40. The van der Waals surface area contributed by atoms with E-state index in [1.165, 1.54) is 38.2 Å². The molecule has 0 bridgehead atoms. The van der Waals surface area contributed by atoms with Crippen LogP contribution in [-0.2, 0) is 0 Å². The molecule has 1 fully saturated rings. The van der Waals surface area contributed by atoms with E-state index in [1.54, 1.807) is 0 Å². The quantitative estimate of drug-likeness (QED) is 0.883. The average molecular weight is 262 g/mol. The number of pyridine rings is 1. The van der Waals surface area contributed by atoms with Crippen LogP contribution >= 0.6 is 0 Å². The number of hydrogen-bond acceptors (Lipinski definition) is 4. The van der Waals surface area contributed by atoms with Gasteiger partial charge in [0.15, 0.2) is 0 Å². The number of aromatic nitrogens is 1. The van der Waals surface area contributed by atoms with Gasteiger partial charge in [-0.2, -0.15) is 0 Å². The second kappa shape index (κ2) is 6.75. The van der Waals surface area contributed by atoms with E-state index >= 15 is 0 Å². The molecule has 1 aliphatic rings. The highest BCUT2D eigenvalue weighted by molar-refractivity contribution is 5.54. The number of likely N-dealkylation sites (tertiary alicyclic amines) is 1. The molecule has 0 saturated carbocycles. The van der Waals surface area contributed by atoms with Crippen molar-refractivity contribution in [3.8, 4) is 0 Å². The third-order valence-corrected chi connectivity index (χ3v) is 4.06. The average Bonchev–Trinajstić information content (AvgIpc) is 2.47. The van der Waals surface area contributed by atoms with Gasteiger partial charge in [-0.1, -0.05) is 6.92 Å². The molecule has 1 aromatic rings. The zero-order valence-corrected chi connectivity index (χ0v) is 12.4. The van der Waals surface area contributed by atoms with Crippen LogP contribution in [0.25, 0.3) is 0 Å². The van der Waals surface area contributed by atoms with Gasteiger partial charge in [0, 0.05) is 50.7 Å². The molecular weight excluding hydrogens is 236 g/mol. The van der Waals surface area contributed by atoms with Crippen LogP contribution in [0.3, 0.4) is 0 Å². The number of rotatable bonds is 5. The maximum Gasteiger partial charge on any atom is 0.127 e. The van der Waals surface area contributed by atoms with Gasteiger partial charge in [0.1, 0.15) is 5.82 Å². The Hall–Kier alpha value is -1.29. The van der Waals surface area contributed by atoms with E-state index in [1.807, 2.05) is 6.20 Å². The summed E-state index contributed by atoms with van der Waals surface area (Å²) in [5, 5.41) is 3.28. The number of nitrogens with zero attached hydrogens (tertiary/aromatic N) is 3. The van der Waals surface area contributed by atoms with Gasteiger partial charge >= 0.3 is 0 Å². The van der Waals surface area contributed by atoms with Gasteiger partial charge in [0.05, 0.1) is 0 Å². The van der Waals surface area contributed by atoms with Crippen molar-refractivity contribution in [2.75, 3.05) is 43.4 Å². The molecule has 1 N–H and O–H groups in total. The molecule has 2 heterocycles. The number of hydrogen-bond donors (Lipinski definition) is 1. The van der Waals surface area contributed by atoms with Gasteiger partial charge in [0.2, 0.25) is 0 Å². The predicted molar refractivity (Wildman–Crippen MR) is 81.9 cm³/mol. The predicted octanol–water partition coefficient (Wildman–Crippen LogP) is 2.43. The first-order valence-corrected chi connectivity index (χ1v) is 7.39. The van der Waals surface area contributed by atoms with E-state index in [0.29, 0.717) is 6.04 Å². The molecule has 0 aromatic carbocycles. The van der Waals surface area contributed by atoms with E-state index in [2.05, 4.69) is 53.1 Å². The fourth-order valence-electron chi connectivity index (χ4n) is 2.75. The third kappa shape index (κ3) is 3.60. The molecule has 19 heavy (non-hydrogen) atoms. The fraction of sp³-hybridized carbons (Fsp3) is 0.667. The molecular formula is C15H26N4. The summed E-state index contributed by atoms with van der Waals surface area (Å²) in [6, 6.07) is 4.91. The lowest BCUT2D eigenvalue weighted by molar-refractivity contribution is 0.221. The van der Waals surface area contributed by atoms with Crippen LogP contribution in [-0.4, -0.2) is 49.2 Å². The van der Waals surface area contributed by atoms with Gasteiger partial charge in [-0.05, 0) is 32.4 Å². The topological polar surface area (TPSA) is 31.4 Å². The molecule has 0 aliphatic carbocycles. The summed E-state index contributed by atoms with van der Waals surface area (Å²) in [7, 11) is 2.21. The molecule has 1 aliphatic heterocycles. The molecule has 106 valence electrons. The van der Waals surface area contributed by atoms with E-state index < -0.39 is 0 Å². The lowest BCUT2D eigenvalue weighted by Crippen LogP contribution is -2.43. The molecule has 4 heteroatoms. The van der Waals surface area contributed by atoms with E-state index in [9.17, 15) is 0 Å². The first-order chi connectivity index (χ1) is 9.24. The summed E-state index contributed by atoms with van der Waals surface area (Å²) < 4.78 is 0. The highest BCUT2D eigenvalue weighted by Crippen LogP contribution is 2.23. The largest absolute Gasteiger partial charge is 0.371 e. The lowest BCUT2D eigenvalue weighted by atomic mass is 10.0. The maximum absolute atomic E-state index is 4.34. The minimum absolute atomic E-state index is 0.652. The summed E-state index contributed by atoms with van der Waals surface area (Å²) in [4.78, 5) is 9.28. The molecule has 0 amide bonds. The van der Waals surface area contributed by atoms with Crippen molar-refractivity contribution in [1.29, 1.82) is 0 Å². The molecule has 0 atom stereocenters. The lowest BCUT2D eigenvalue weighted by Gasteiger charge is -2.37. The molecule has 0 unspecified atom stereocenters. The van der Waals surface area contributed by atoms with Gasteiger partial charge in [-0.15, -0.1) is 0 Å². The van der Waals surface area contributed by atoms with Gasteiger partial charge in [-0.3, -0.25) is 0 Å². The van der Waals surface area contributed by atoms with Crippen LogP contribution < -0.4 is 10.2 Å². The van der Waals surface area contributed by atoms with Gasteiger partial charge in [0.25, 0.3) is 0 Å². The first kappa shape index (κ1) is 14.1. The Morgan fingerprint density at radius 1 is 1.37 bits per heavy atom. The van der Waals surface area contributed by atoms with Crippen molar-refractivity contribution >= 4 is 11.5 Å². The summed E-state index contributed by atoms with van der Waals surface area (Å²) in [6.45, 7) is 8.87. The summed E-state index contributed by atoms with van der Waals surface area (Å²) >= 11 is 0. The zero-order chi connectivity index (χ0) is 13.7. The monoisotopic (exact) mass is 262 g/mol. The van der Waals surface area contributed by atoms with Crippen molar-refractivity contribution in [2.45, 2.75) is 32.7 Å². The summed E-state index contributed by atoms with van der Waals surface area (Å²) in [5.41, 5.74) is 1.26. The van der Waals surface area contributed by atoms with Gasteiger partial charge < -0.3 is 15.1 Å². The smallest absolute Gasteiger partial charge is 0.127 e. The van der Waals surface area contributed by atoms with Crippen molar-refractivity contribution < 1.29 is 0 Å². The van der Waals surface area contributed by atoms with Crippen molar-refractivity contribution in [3.05, 3.63) is 18.3 Å². The van der Waals surface area contributed by atoms with Crippen LogP contribution in [0.4, 0.5) is 11.5 Å². The Morgan fingerprint density at radius 3 is 2.74 bits per heavy atom. The zero-order valence-electron chi connectivity index (χ0n) is 12.4. The molecule has 1 saturated heterocycles. The number of piperidine rings is 1. The Morgan fingerprint density at radius 2 is 2.11 bits per heavy atom. The fourth-order valence-corrected chi connectivity index (χ4v) is 2.75. The second-order valence-corrected chi connectivity index (χ2v) is 5.21. The second-order valence-electron chi connectivity index (χ2n) is 5.21. The van der Waals surface area contributed by atoms with Crippen LogP contribution in [0.2, 0.25) is 0 Å². The number of anilines is 2. The molecule has 1 aromatic heterocycles. The minimum Gasteiger partial charge on any atom is -0.371 e. The van der Waals surface area contributed by atoms with E-state index in [4.69, 9.17) is 0 Å². The molecule has 0 spiro atoms. The molecule has 4 nitrogen and oxygen atoms in total. The van der Waals surface area contributed by atoms with Crippen molar-refractivity contribution in [3.63, 3.8) is 0 Å². The SMILES string of the molecule is CCNc1cc(N(C)C2CCN(CC)CC2)ccn1. The molecule has 0 radical (unpaired) electrons. The first-order valence-electron chi connectivity index (χ1n) is 7.39. The van der Waals surface area contributed by atoms with Crippen LogP contribution in [0.5, 0.6) is 0 Å². The normalized spacial score (nSPS) is 17.4. The van der Waals surface area contributed by atoms with Crippen molar-refractivity contribution in [2.24, 2.45) is 0 Å². The Kier molecular flexibility index (Phi) is 5.02. The highest BCUT2D eigenvalue weighted by Gasteiger charge is 2.21. The molecule has 2 rings (SSSR count). The van der Waals surface area contributed by atoms with Crippen molar-refractivity contribution in [1.82, 2.24) is 9.88 Å². The Labute approximate surface area is 116 Å². The Bertz CT molecular complexity index is 385. The number of nitrogens with one attached hydrogen (secondary N) is 1. The van der Waals surface area contributed by atoms with Gasteiger partial charge in [-0.25, -0.2) is 4.98 Å². The third-order valence-electron chi connectivity index (χ3n) is 4.06. The highest BCUT2D eigenvalue weighted by atomic mass is 15.2. The van der Waals surface area contributed by atoms with Crippen LogP contribution in [0.15, 0.2) is 18.3 Å². The standard InChI is InChI=1S/C15H26N4/c1-4-16-15-12-14(6-9-17-15)18(3)13-7-10-19(5-2)11-8-13/h6,9,12-13H,4-5,7-8,10-11H2,1-3H3,(H,16,17). The summed E-state index contributed by atoms with van der Waals surface area (Å²) in [5.74, 6) is 0.970. The maximum atomic E-state index is 4.34. The van der Waals surface area contributed by atoms with E-state index in [-0.39, 0.29) is 0 Å². The van der Waals surface area contributed by atoms with E-state index in [0.717, 1.165) is 12.4 Å². The van der Waals surface area contributed by atoms with Crippen LogP contribution in [0, 0.1) is 0 Å². The Balaban J connectivity index is 1.99.